The standard InChI is InChI=1S/C25H33FN2O3/c1-4-18(14-24(29)30)19-7-12-23(28(15-17-5-6-17)16-25(2,3)31)22(13-19)27-21-10-8-20(26)9-11-21/h7-13,17-18,27,31H,4-6,14-16H2,1-3H3,(H,29,30). The van der Waals surface area contributed by atoms with Crippen molar-refractivity contribution in [2.75, 3.05) is 23.3 Å². The van der Waals surface area contributed by atoms with E-state index in [1.165, 1.54) is 25.0 Å². The highest BCUT2D eigenvalue weighted by atomic mass is 19.1. The van der Waals surface area contributed by atoms with Gasteiger partial charge in [0, 0.05) is 18.8 Å². The van der Waals surface area contributed by atoms with Gasteiger partial charge in [0.2, 0.25) is 0 Å². The normalized spacial score (nSPS) is 14.9. The third kappa shape index (κ3) is 6.96. The molecule has 0 bridgehead atoms. The molecule has 2 aromatic rings. The summed E-state index contributed by atoms with van der Waals surface area (Å²) >= 11 is 0. The van der Waals surface area contributed by atoms with Crippen LogP contribution in [-0.2, 0) is 4.79 Å². The molecule has 168 valence electrons. The number of nitrogens with one attached hydrogen (secondary N) is 1. The molecular weight excluding hydrogens is 395 g/mol. The topological polar surface area (TPSA) is 72.8 Å². The first kappa shape index (κ1) is 23.1. The number of anilines is 3. The molecule has 3 rings (SSSR count). The van der Waals surface area contributed by atoms with Gasteiger partial charge in [0.25, 0.3) is 0 Å². The summed E-state index contributed by atoms with van der Waals surface area (Å²) in [5, 5.41) is 23.2. The van der Waals surface area contributed by atoms with Crippen molar-refractivity contribution < 1.29 is 19.4 Å². The molecule has 0 saturated heterocycles. The Morgan fingerprint density at radius 2 is 1.90 bits per heavy atom. The minimum absolute atomic E-state index is 0.0707. The zero-order valence-electron chi connectivity index (χ0n) is 18.6. The molecule has 0 aromatic heterocycles. The van der Waals surface area contributed by atoms with Gasteiger partial charge in [-0.1, -0.05) is 13.0 Å². The summed E-state index contributed by atoms with van der Waals surface area (Å²) in [6, 6.07) is 12.2. The predicted molar refractivity (Wildman–Crippen MR) is 123 cm³/mol. The number of benzene rings is 2. The minimum atomic E-state index is -0.865. The number of hydrogen-bond donors (Lipinski definition) is 3. The molecule has 5 nitrogen and oxygen atoms in total. The number of aliphatic carboxylic acids is 1. The van der Waals surface area contributed by atoms with Gasteiger partial charge in [-0.15, -0.1) is 0 Å². The molecule has 1 atom stereocenters. The van der Waals surface area contributed by atoms with Crippen LogP contribution in [0.1, 0.15) is 57.9 Å². The SMILES string of the molecule is CCC(CC(=O)O)c1ccc(N(CC2CC2)CC(C)(C)O)c(Nc2ccc(F)cc2)c1. The van der Waals surface area contributed by atoms with E-state index in [-0.39, 0.29) is 18.2 Å². The monoisotopic (exact) mass is 428 g/mol. The zero-order valence-corrected chi connectivity index (χ0v) is 18.6. The van der Waals surface area contributed by atoms with Crippen molar-refractivity contribution in [2.45, 2.75) is 58.0 Å². The van der Waals surface area contributed by atoms with Crippen LogP contribution < -0.4 is 10.2 Å². The average Bonchev–Trinajstić information content (AvgIpc) is 3.50. The molecule has 6 heteroatoms. The Balaban J connectivity index is 2.00. The number of carboxylic acids is 1. The first-order valence-corrected chi connectivity index (χ1v) is 11.0. The van der Waals surface area contributed by atoms with Crippen molar-refractivity contribution in [1.82, 2.24) is 0 Å². The average molecular weight is 429 g/mol. The summed E-state index contributed by atoms with van der Waals surface area (Å²) in [5.41, 5.74) is 2.62. The fourth-order valence-corrected chi connectivity index (χ4v) is 3.91. The van der Waals surface area contributed by atoms with E-state index >= 15 is 0 Å². The first-order chi connectivity index (χ1) is 14.6. The molecule has 0 aliphatic heterocycles. The summed E-state index contributed by atoms with van der Waals surface area (Å²) in [7, 11) is 0. The van der Waals surface area contributed by atoms with Gasteiger partial charge in [0.15, 0.2) is 0 Å². The van der Waals surface area contributed by atoms with Crippen LogP contribution in [0, 0.1) is 11.7 Å². The van der Waals surface area contributed by atoms with Crippen molar-refractivity contribution in [2.24, 2.45) is 5.92 Å². The maximum absolute atomic E-state index is 13.4. The lowest BCUT2D eigenvalue weighted by atomic mass is 9.92. The lowest BCUT2D eigenvalue weighted by Gasteiger charge is -2.33. The molecule has 1 aliphatic carbocycles. The van der Waals surface area contributed by atoms with Gasteiger partial charge in [-0.3, -0.25) is 4.79 Å². The highest BCUT2D eigenvalue weighted by molar-refractivity contribution is 5.77. The van der Waals surface area contributed by atoms with Gasteiger partial charge in [-0.25, -0.2) is 4.39 Å². The van der Waals surface area contributed by atoms with Crippen molar-refractivity contribution in [3.8, 4) is 0 Å². The van der Waals surface area contributed by atoms with Crippen molar-refractivity contribution in [1.29, 1.82) is 0 Å². The molecule has 0 radical (unpaired) electrons. The van der Waals surface area contributed by atoms with Gasteiger partial charge in [0.1, 0.15) is 5.82 Å². The van der Waals surface area contributed by atoms with Crippen molar-refractivity contribution in [3.05, 3.63) is 53.8 Å². The van der Waals surface area contributed by atoms with Gasteiger partial charge in [-0.2, -0.15) is 0 Å². The fraction of sp³-hybridized carbons (Fsp3) is 0.480. The summed E-state index contributed by atoms with van der Waals surface area (Å²) < 4.78 is 13.4. The highest BCUT2D eigenvalue weighted by Gasteiger charge is 2.29. The second kappa shape index (κ2) is 9.69. The Morgan fingerprint density at radius 1 is 1.23 bits per heavy atom. The van der Waals surface area contributed by atoms with Crippen LogP contribution in [0.4, 0.5) is 21.5 Å². The van der Waals surface area contributed by atoms with Gasteiger partial charge < -0.3 is 20.4 Å². The van der Waals surface area contributed by atoms with Crippen LogP contribution >= 0.6 is 0 Å². The third-order valence-corrected chi connectivity index (χ3v) is 5.62. The maximum atomic E-state index is 13.4. The summed E-state index contributed by atoms with van der Waals surface area (Å²) in [5.74, 6) is -0.589. The summed E-state index contributed by atoms with van der Waals surface area (Å²) in [4.78, 5) is 13.5. The van der Waals surface area contributed by atoms with Crippen LogP contribution in [0.3, 0.4) is 0 Å². The molecule has 2 aromatic carbocycles. The minimum Gasteiger partial charge on any atom is -0.481 e. The molecule has 3 N–H and O–H groups in total. The van der Waals surface area contributed by atoms with E-state index in [9.17, 15) is 19.4 Å². The van der Waals surface area contributed by atoms with Crippen LogP contribution in [-0.4, -0.2) is 34.9 Å². The number of nitrogens with zero attached hydrogens (tertiary/aromatic N) is 1. The molecule has 0 spiro atoms. The number of aliphatic hydroxyl groups is 1. The van der Waals surface area contributed by atoms with E-state index in [1.54, 1.807) is 26.0 Å². The molecule has 1 aliphatic rings. The maximum Gasteiger partial charge on any atom is 0.303 e. The molecule has 0 heterocycles. The second-order valence-corrected chi connectivity index (χ2v) is 9.25. The third-order valence-electron chi connectivity index (χ3n) is 5.62. The van der Waals surface area contributed by atoms with Gasteiger partial charge >= 0.3 is 5.97 Å². The smallest absolute Gasteiger partial charge is 0.303 e. The lowest BCUT2D eigenvalue weighted by Crippen LogP contribution is -2.40. The molecule has 1 unspecified atom stereocenters. The Hall–Kier alpha value is -2.60. The molecular formula is C25H33FN2O3. The van der Waals surface area contributed by atoms with E-state index in [1.807, 2.05) is 25.1 Å². The van der Waals surface area contributed by atoms with Crippen LogP contribution in [0.25, 0.3) is 0 Å². The Labute approximate surface area is 183 Å². The largest absolute Gasteiger partial charge is 0.481 e. The molecule has 1 fully saturated rings. The summed E-state index contributed by atoms with van der Waals surface area (Å²) in [6.07, 6.45) is 3.17. The highest BCUT2D eigenvalue weighted by Crippen LogP contribution is 2.38. The number of carboxylic acid groups (broad SMARTS) is 1. The molecule has 0 amide bonds. The number of hydrogen-bond acceptors (Lipinski definition) is 4. The van der Waals surface area contributed by atoms with E-state index < -0.39 is 11.6 Å². The van der Waals surface area contributed by atoms with Crippen LogP contribution in [0.2, 0.25) is 0 Å². The predicted octanol–water partition coefficient (Wildman–Crippen LogP) is 5.52. The van der Waals surface area contributed by atoms with E-state index in [0.717, 1.165) is 35.6 Å². The van der Waals surface area contributed by atoms with Crippen molar-refractivity contribution in [3.63, 3.8) is 0 Å². The van der Waals surface area contributed by atoms with E-state index in [2.05, 4.69) is 10.2 Å². The quantitative estimate of drug-likeness (QED) is 0.439. The Kier molecular flexibility index (Phi) is 7.21. The number of halogens is 1. The van der Waals surface area contributed by atoms with Crippen LogP contribution in [0.5, 0.6) is 0 Å². The fourth-order valence-electron chi connectivity index (χ4n) is 3.91. The number of rotatable bonds is 11. The van der Waals surface area contributed by atoms with E-state index in [0.29, 0.717) is 12.5 Å². The Morgan fingerprint density at radius 3 is 2.45 bits per heavy atom. The van der Waals surface area contributed by atoms with Crippen molar-refractivity contribution >= 4 is 23.0 Å². The van der Waals surface area contributed by atoms with Gasteiger partial charge in [0.05, 0.1) is 23.4 Å². The number of carbonyl (C=O) groups is 1. The Bertz CT molecular complexity index is 889. The lowest BCUT2D eigenvalue weighted by molar-refractivity contribution is -0.137. The molecule has 1 saturated carbocycles. The molecule has 31 heavy (non-hydrogen) atoms. The zero-order chi connectivity index (χ0) is 22.6. The van der Waals surface area contributed by atoms with Gasteiger partial charge in [-0.05, 0) is 86.9 Å². The summed E-state index contributed by atoms with van der Waals surface area (Å²) in [6.45, 7) is 6.92. The second-order valence-electron chi connectivity index (χ2n) is 9.25. The first-order valence-electron chi connectivity index (χ1n) is 11.0. The van der Waals surface area contributed by atoms with Crippen LogP contribution in [0.15, 0.2) is 42.5 Å². The van der Waals surface area contributed by atoms with E-state index in [4.69, 9.17) is 0 Å².